The van der Waals surface area contributed by atoms with Gasteiger partial charge in [0.1, 0.15) is 6.54 Å². The highest BCUT2D eigenvalue weighted by Crippen LogP contribution is 2.46. The maximum Gasteiger partial charge on any atom is 0.344 e. The van der Waals surface area contributed by atoms with Gasteiger partial charge in [0.2, 0.25) is 11.5 Å². The molecule has 0 aliphatic rings. The molecule has 0 radical (unpaired) electrons. The van der Waals surface area contributed by atoms with E-state index in [4.69, 9.17) is 9.52 Å². The van der Waals surface area contributed by atoms with Gasteiger partial charge < -0.3 is 40.4 Å². The van der Waals surface area contributed by atoms with Gasteiger partial charge in [-0.05, 0) is 12.1 Å². The molecule has 140 valence electrons. The Balaban J connectivity index is 2.51. The number of carbonyl (C=O) groups is 2. The highest BCUT2D eigenvalue weighted by Gasteiger charge is 2.25. The fourth-order valence-corrected chi connectivity index (χ4v) is 2.62. The van der Waals surface area contributed by atoms with Crippen molar-refractivity contribution in [2.75, 3.05) is 6.54 Å². The van der Waals surface area contributed by atoms with E-state index in [2.05, 4.69) is 0 Å². The van der Waals surface area contributed by atoms with Crippen LogP contribution in [-0.2, 0) is 4.79 Å². The SMILES string of the molecule is O=C(O)CNC(=O)c1cc(O)c(O)c2oc(=O)c3cc(O)c(O)c(O)c3c12. The molecule has 7 N–H and O–H groups in total. The number of aliphatic carboxylic acids is 1. The summed E-state index contributed by atoms with van der Waals surface area (Å²) in [5.74, 6) is -7.01. The van der Waals surface area contributed by atoms with E-state index in [0.717, 1.165) is 12.1 Å². The van der Waals surface area contributed by atoms with Crippen LogP contribution in [-0.4, -0.2) is 49.1 Å². The second-order valence-electron chi connectivity index (χ2n) is 5.48. The largest absolute Gasteiger partial charge is 0.504 e. The van der Waals surface area contributed by atoms with Gasteiger partial charge in [0.25, 0.3) is 5.91 Å². The predicted octanol–water partition coefficient (Wildman–Crippen LogP) is 0.289. The lowest BCUT2D eigenvalue weighted by Crippen LogP contribution is -2.29. The first-order chi connectivity index (χ1) is 12.6. The van der Waals surface area contributed by atoms with E-state index in [-0.39, 0.29) is 0 Å². The van der Waals surface area contributed by atoms with E-state index < -0.39 is 80.1 Å². The monoisotopic (exact) mass is 377 g/mol. The van der Waals surface area contributed by atoms with Gasteiger partial charge in [-0.15, -0.1) is 0 Å². The third kappa shape index (κ3) is 2.66. The van der Waals surface area contributed by atoms with Crippen molar-refractivity contribution in [3.05, 3.63) is 28.1 Å². The van der Waals surface area contributed by atoms with Crippen LogP contribution in [0.4, 0.5) is 0 Å². The minimum atomic E-state index is -1.36. The number of nitrogens with one attached hydrogen (secondary N) is 1. The number of phenols is 5. The quantitative estimate of drug-likeness (QED) is 0.189. The van der Waals surface area contributed by atoms with Gasteiger partial charge in [-0.3, -0.25) is 9.59 Å². The zero-order valence-corrected chi connectivity index (χ0v) is 13.2. The molecule has 1 amide bonds. The van der Waals surface area contributed by atoms with Crippen molar-refractivity contribution in [1.29, 1.82) is 0 Å². The number of amides is 1. The molecular formula is C16H11NO10. The second kappa shape index (κ2) is 5.98. The Kier molecular flexibility index (Phi) is 3.91. The molecule has 0 unspecified atom stereocenters. The number of rotatable bonds is 3. The van der Waals surface area contributed by atoms with Crippen molar-refractivity contribution in [3.63, 3.8) is 0 Å². The Labute approximate surface area is 147 Å². The number of carbonyl (C=O) groups excluding carboxylic acids is 1. The summed E-state index contributed by atoms with van der Waals surface area (Å²) in [5.41, 5.74) is -2.30. The fourth-order valence-electron chi connectivity index (χ4n) is 2.62. The molecule has 11 nitrogen and oxygen atoms in total. The van der Waals surface area contributed by atoms with Crippen molar-refractivity contribution in [2.45, 2.75) is 0 Å². The molecule has 11 heteroatoms. The number of hydrogen-bond acceptors (Lipinski definition) is 9. The van der Waals surface area contributed by atoms with Gasteiger partial charge >= 0.3 is 11.6 Å². The number of carboxylic acids is 1. The van der Waals surface area contributed by atoms with Crippen molar-refractivity contribution in [3.8, 4) is 28.7 Å². The van der Waals surface area contributed by atoms with E-state index in [9.17, 15) is 39.9 Å². The molecule has 0 aliphatic heterocycles. The Hall–Kier alpha value is -4.15. The lowest BCUT2D eigenvalue weighted by atomic mass is 9.99. The molecule has 0 saturated heterocycles. The normalized spacial score (nSPS) is 11.0. The van der Waals surface area contributed by atoms with Crippen LogP contribution in [0.3, 0.4) is 0 Å². The topological polar surface area (TPSA) is 198 Å². The highest BCUT2D eigenvalue weighted by molar-refractivity contribution is 6.20. The molecule has 0 saturated carbocycles. The predicted molar refractivity (Wildman–Crippen MR) is 88.3 cm³/mol. The second-order valence-corrected chi connectivity index (χ2v) is 5.48. The van der Waals surface area contributed by atoms with Crippen LogP contribution >= 0.6 is 0 Å². The number of phenolic OH excluding ortho intramolecular Hbond substituents is 5. The zero-order valence-electron chi connectivity index (χ0n) is 13.2. The molecular weight excluding hydrogens is 366 g/mol. The number of hydrogen-bond donors (Lipinski definition) is 7. The maximum atomic E-state index is 12.3. The van der Waals surface area contributed by atoms with Crippen LogP contribution in [0.25, 0.3) is 21.7 Å². The minimum absolute atomic E-state index is 0.393. The molecule has 0 bridgehead atoms. The number of benzene rings is 2. The standard InChI is InChI=1S/C16H11NO10/c18-6-2-5-9(13(24)11(6)22)10-4(15(25)17-3-8(20)21)1-7(19)12(23)14(10)27-16(5)26/h1-2,18-19,22-24H,3H2,(H,17,25)(H,20,21). The summed E-state index contributed by atoms with van der Waals surface area (Å²) >= 11 is 0. The van der Waals surface area contributed by atoms with Crippen molar-refractivity contribution < 1.29 is 44.6 Å². The van der Waals surface area contributed by atoms with E-state index in [1.165, 1.54) is 0 Å². The van der Waals surface area contributed by atoms with Gasteiger partial charge in [0.05, 0.1) is 10.9 Å². The molecule has 3 rings (SSSR count). The Morgan fingerprint density at radius 1 is 0.926 bits per heavy atom. The summed E-state index contributed by atoms with van der Waals surface area (Å²) in [6.07, 6.45) is 0. The smallest absolute Gasteiger partial charge is 0.344 e. The van der Waals surface area contributed by atoms with E-state index in [1.807, 2.05) is 5.32 Å². The van der Waals surface area contributed by atoms with Crippen LogP contribution < -0.4 is 10.9 Å². The molecule has 3 aromatic rings. The van der Waals surface area contributed by atoms with Crippen molar-refractivity contribution >= 4 is 33.6 Å². The zero-order chi connectivity index (χ0) is 20.0. The third-order valence-electron chi connectivity index (χ3n) is 3.80. The van der Waals surface area contributed by atoms with Crippen LogP contribution in [0, 0.1) is 0 Å². The van der Waals surface area contributed by atoms with Crippen LogP contribution in [0.15, 0.2) is 21.3 Å². The molecule has 0 atom stereocenters. The van der Waals surface area contributed by atoms with Gasteiger partial charge in [-0.1, -0.05) is 0 Å². The van der Waals surface area contributed by atoms with Gasteiger partial charge in [-0.2, -0.15) is 0 Å². The first kappa shape index (κ1) is 17.7. The molecule has 1 heterocycles. The lowest BCUT2D eigenvalue weighted by Gasteiger charge is -2.13. The summed E-state index contributed by atoms with van der Waals surface area (Å²) in [6.45, 7) is -0.783. The molecule has 1 aromatic heterocycles. The van der Waals surface area contributed by atoms with Crippen LogP contribution in [0.5, 0.6) is 28.7 Å². The van der Waals surface area contributed by atoms with E-state index in [1.54, 1.807) is 0 Å². The Morgan fingerprint density at radius 3 is 2.19 bits per heavy atom. The molecule has 0 aliphatic carbocycles. The maximum absolute atomic E-state index is 12.3. The minimum Gasteiger partial charge on any atom is -0.504 e. The molecule has 2 aromatic carbocycles. The first-order valence-electron chi connectivity index (χ1n) is 7.22. The number of fused-ring (bicyclic) bond motifs is 3. The van der Waals surface area contributed by atoms with Crippen LogP contribution in [0.1, 0.15) is 10.4 Å². The summed E-state index contributed by atoms with van der Waals surface area (Å²) in [7, 11) is 0. The number of carboxylic acid groups (broad SMARTS) is 1. The lowest BCUT2D eigenvalue weighted by molar-refractivity contribution is -0.135. The summed E-state index contributed by atoms with van der Waals surface area (Å²) < 4.78 is 4.89. The average molecular weight is 377 g/mol. The molecule has 0 fully saturated rings. The van der Waals surface area contributed by atoms with E-state index in [0.29, 0.717) is 0 Å². The Bertz CT molecular complexity index is 1190. The van der Waals surface area contributed by atoms with Gasteiger partial charge in [-0.25, -0.2) is 4.79 Å². The number of aromatic hydroxyl groups is 5. The first-order valence-corrected chi connectivity index (χ1v) is 7.22. The molecule has 27 heavy (non-hydrogen) atoms. The molecule has 0 spiro atoms. The van der Waals surface area contributed by atoms with Gasteiger partial charge in [0, 0.05) is 10.8 Å². The third-order valence-corrected chi connectivity index (χ3v) is 3.80. The average Bonchev–Trinajstić information content (AvgIpc) is 2.61. The van der Waals surface area contributed by atoms with Crippen LogP contribution in [0.2, 0.25) is 0 Å². The fraction of sp³-hybridized carbons (Fsp3) is 0.0625. The van der Waals surface area contributed by atoms with Gasteiger partial charge in [0.15, 0.2) is 22.8 Å². The van der Waals surface area contributed by atoms with Crippen molar-refractivity contribution in [1.82, 2.24) is 5.32 Å². The van der Waals surface area contributed by atoms with E-state index >= 15 is 0 Å². The summed E-state index contributed by atoms with van der Waals surface area (Å²) in [4.78, 5) is 35.1. The van der Waals surface area contributed by atoms with Crippen molar-refractivity contribution in [2.24, 2.45) is 0 Å². The highest BCUT2D eigenvalue weighted by atomic mass is 16.4. The Morgan fingerprint density at radius 2 is 1.56 bits per heavy atom. The summed E-state index contributed by atoms with van der Waals surface area (Å²) in [6, 6.07) is 1.54. The summed E-state index contributed by atoms with van der Waals surface area (Å²) in [5, 5.41) is 58.7.